The Bertz CT molecular complexity index is 782. The molecule has 0 aliphatic rings. The number of hydrogen-bond donors (Lipinski definition) is 0. The Hall–Kier alpha value is -0.280. The van der Waals surface area contributed by atoms with Gasteiger partial charge in [0, 0.05) is 14.3 Å². The summed E-state index contributed by atoms with van der Waals surface area (Å²) >= 11 is 19.4. The van der Waals surface area contributed by atoms with Gasteiger partial charge >= 0.3 is 0 Å². The summed E-state index contributed by atoms with van der Waals surface area (Å²) in [4.78, 5) is 0. The normalized spacial score (nSPS) is 11.3. The third-order valence-electron chi connectivity index (χ3n) is 2.94. The van der Waals surface area contributed by atoms with Gasteiger partial charge in [0.25, 0.3) is 0 Å². The maximum absolute atomic E-state index is 6.31. The molecule has 0 heterocycles. The predicted octanol–water partition coefficient (Wildman–Crippen LogP) is 6.82. The van der Waals surface area contributed by atoms with Crippen LogP contribution in [0.1, 0.15) is 0 Å². The van der Waals surface area contributed by atoms with Gasteiger partial charge in [0.1, 0.15) is 0 Å². The predicted molar refractivity (Wildman–Crippen MR) is 86.9 cm³/mol. The van der Waals surface area contributed by atoms with E-state index in [9.17, 15) is 0 Å². The molecule has 0 amide bonds. The van der Waals surface area contributed by atoms with Gasteiger partial charge in [-0.25, -0.2) is 0 Å². The highest BCUT2D eigenvalue weighted by atomic mass is 79.9. The number of fused-ring (bicyclic) bond motifs is 3. The molecule has 0 aliphatic heterocycles. The van der Waals surface area contributed by atoms with Gasteiger partial charge in [-0.05, 0) is 66.2 Å². The molecule has 4 heteroatoms. The van der Waals surface area contributed by atoms with Crippen molar-refractivity contribution >= 4 is 76.6 Å². The van der Waals surface area contributed by atoms with Gasteiger partial charge in [0.05, 0.1) is 10.0 Å². The molecular weight excluding hydrogens is 399 g/mol. The second-order valence-electron chi connectivity index (χ2n) is 4.01. The first-order valence-electron chi connectivity index (χ1n) is 5.23. The van der Waals surface area contributed by atoms with Crippen molar-refractivity contribution < 1.29 is 0 Å². The van der Waals surface area contributed by atoms with Crippen LogP contribution in [0.4, 0.5) is 0 Å². The Morgan fingerprint density at radius 3 is 2.22 bits per heavy atom. The van der Waals surface area contributed by atoms with Crippen LogP contribution in [0.5, 0.6) is 0 Å². The first kappa shape index (κ1) is 12.7. The van der Waals surface area contributed by atoms with E-state index in [-0.39, 0.29) is 0 Å². The quantitative estimate of drug-likeness (QED) is 0.360. The van der Waals surface area contributed by atoms with Crippen LogP contribution < -0.4 is 0 Å². The highest BCUT2D eigenvalue weighted by Crippen LogP contribution is 2.37. The van der Waals surface area contributed by atoms with E-state index in [0.717, 1.165) is 35.5 Å². The number of rotatable bonds is 0. The van der Waals surface area contributed by atoms with Gasteiger partial charge in [0.15, 0.2) is 0 Å². The average molecular weight is 405 g/mol. The molecule has 0 radical (unpaired) electrons. The van der Waals surface area contributed by atoms with E-state index in [1.807, 2.05) is 24.3 Å². The Morgan fingerprint density at radius 1 is 0.722 bits per heavy atom. The molecule has 3 rings (SSSR count). The minimum Gasteiger partial charge on any atom is -0.0831 e. The maximum atomic E-state index is 6.31. The van der Waals surface area contributed by atoms with Crippen LogP contribution in [0, 0.1) is 0 Å². The van der Waals surface area contributed by atoms with Crippen molar-refractivity contribution in [2.24, 2.45) is 0 Å². The van der Waals surface area contributed by atoms with Gasteiger partial charge < -0.3 is 0 Å². The van der Waals surface area contributed by atoms with Crippen LogP contribution in [0.3, 0.4) is 0 Å². The molecule has 90 valence electrons. The van der Waals surface area contributed by atoms with E-state index < -0.39 is 0 Å². The molecule has 0 aliphatic carbocycles. The van der Waals surface area contributed by atoms with Gasteiger partial charge in [-0.15, -0.1) is 0 Å². The van der Waals surface area contributed by atoms with Crippen LogP contribution in [0.15, 0.2) is 45.3 Å². The molecule has 18 heavy (non-hydrogen) atoms. The van der Waals surface area contributed by atoms with Crippen LogP contribution in [-0.2, 0) is 0 Å². The zero-order valence-electron chi connectivity index (χ0n) is 8.98. The van der Waals surface area contributed by atoms with Crippen LogP contribution in [-0.4, -0.2) is 0 Å². The van der Waals surface area contributed by atoms with Crippen molar-refractivity contribution in [1.82, 2.24) is 0 Å². The molecule has 0 unspecified atom stereocenters. The second kappa shape index (κ2) is 4.68. The lowest BCUT2D eigenvalue weighted by Gasteiger charge is -2.08. The van der Waals surface area contributed by atoms with E-state index in [1.54, 1.807) is 0 Å². The zero-order valence-corrected chi connectivity index (χ0v) is 13.7. The largest absolute Gasteiger partial charge is 0.0831 e. The summed E-state index contributed by atoms with van der Waals surface area (Å²) in [6.45, 7) is 0. The molecule has 0 nitrogen and oxygen atoms in total. The van der Waals surface area contributed by atoms with Crippen molar-refractivity contribution in [2.75, 3.05) is 0 Å². The van der Waals surface area contributed by atoms with Crippen molar-refractivity contribution in [2.45, 2.75) is 0 Å². The first-order valence-corrected chi connectivity index (χ1v) is 7.57. The minimum atomic E-state index is 0.703. The monoisotopic (exact) mass is 402 g/mol. The highest BCUT2D eigenvalue weighted by molar-refractivity contribution is 9.10. The van der Waals surface area contributed by atoms with Gasteiger partial charge in [0.2, 0.25) is 0 Å². The molecule has 0 fully saturated rings. The second-order valence-corrected chi connectivity index (χ2v) is 6.50. The van der Waals surface area contributed by atoms with E-state index >= 15 is 0 Å². The summed E-state index contributed by atoms with van der Waals surface area (Å²) in [5.41, 5.74) is 0. The van der Waals surface area contributed by atoms with Crippen molar-refractivity contribution in [3.63, 3.8) is 0 Å². The topological polar surface area (TPSA) is 0 Å². The zero-order chi connectivity index (χ0) is 12.9. The van der Waals surface area contributed by atoms with Crippen molar-refractivity contribution in [3.05, 3.63) is 55.4 Å². The van der Waals surface area contributed by atoms with Crippen LogP contribution in [0.25, 0.3) is 21.5 Å². The molecule has 0 saturated heterocycles. The Morgan fingerprint density at radius 2 is 1.44 bits per heavy atom. The standard InChI is InChI=1S/C14H6Br2Cl2/c15-11-4-3-8-9(14(11)18)2-1-7-5-12(16)13(17)6-10(7)8/h1-6H. The van der Waals surface area contributed by atoms with E-state index in [4.69, 9.17) is 23.2 Å². The Kier molecular flexibility index (Phi) is 3.31. The lowest BCUT2D eigenvalue weighted by molar-refractivity contribution is 1.70. The van der Waals surface area contributed by atoms with E-state index in [2.05, 4.69) is 44.0 Å². The SMILES string of the molecule is Clc1cc2c(ccc3c(Cl)c(Br)ccc32)cc1Br. The molecule has 3 aromatic carbocycles. The number of hydrogen-bond acceptors (Lipinski definition) is 0. The molecule has 3 aromatic rings. The molecule has 0 saturated carbocycles. The summed E-state index contributed by atoms with van der Waals surface area (Å²) in [5.74, 6) is 0. The number of halogens is 4. The lowest BCUT2D eigenvalue weighted by Crippen LogP contribution is -1.81. The fraction of sp³-hybridized carbons (Fsp3) is 0. The summed E-state index contributed by atoms with van der Waals surface area (Å²) < 4.78 is 1.80. The lowest BCUT2D eigenvalue weighted by atomic mass is 10.0. The molecule has 0 atom stereocenters. The molecule has 0 bridgehead atoms. The maximum Gasteiger partial charge on any atom is 0.0626 e. The molecule has 0 N–H and O–H groups in total. The minimum absolute atomic E-state index is 0.703. The third kappa shape index (κ3) is 1.96. The Balaban J connectivity index is 2.54. The molecule has 0 aromatic heterocycles. The fourth-order valence-corrected chi connectivity index (χ4v) is 3.17. The van der Waals surface area contributed by atoms with E-state index in [1.165, 1.54) is 0 Å². The first-order chi connectivity index (χ1) is 8.58. The summed E-state index contributed by atoms with van der Waals surface area (Å²) in [7, 11) is 0. The average Bonchev–Trinajstić information content (AvgIpc) is 2.35. The van der Waals surface area contributed by atoms with Crippen molar-refractivity contribution in [1.29, 1.82) is 0 Å². The van der Waals surface area contributed by atoms with Crippen LogP contribution in [0.2, 0.25) is 10.0 Å². The summed E-state index contributed by atoms with van der Waals surface area (Å²) in [5, 5.41) is 5.81. The smallest absolute Gasteiger partial charge is 0.0626 e. The fourth-order valence-electron chi connectivity index (χ4n) is 2.07. The highest BCUT2D eigenvalue weighted by Gasteiger charge is 2.08. The summed E-state index contributed by atoms with van der Waals surface area (Å²) in [6.07, 6.45) is 0. The van der Waals surface area contributed by atoms with Crippen molar-refractivity contribution in [3.8, 4) is 0 Å². The number of benzene rings is 3. The Labute approximate surface area is 131 Å². The third-order valence-corrected chi connectivity index (χ3v) is 5.44. The molecular formula is C14H6Br2Cl2. The van der Waals surface area contributed by atoms with Crippen LogP contribution >= 0.6 is 55.1 Å². The van der Waals surface area contributed by atoms with E-state index in [0.29, 0.717) is 5.02 Å². The molecule has 0 spiro atoms. The van der Waals surface area contributed by atoms with Gasteiger partial charge in [-0.1, -0.05) is 41.4 Å². The van der Waals surface area contributed by atoms with Gasteiger partial charge in [-0.2, -0.15) is 0 Å². The van der Waals surface area contributed by atoms with Gasteiger partial charge in [-0.3, -0.25) is 0 Å². The summed E-state index contributed by atoms with van der Waals surface area (Å²) in [6, 6.07) is 12.1.